The molecule has 0 unspecified atom stereocenters. The van der Waals surface area contributed by atoms with Crippen molar-refractivity contribution in [2.45, 2.75) is 13.0 Å². The van der Waals surface area contributed by atoms with E-state index in [-0.39, 0.29) is 11.8 Å². The second-order valence-electron chi connectivity index (χ2n) is 2.85. The number of Topliss-reactive ketones (excluding diaryl/α,β-unsaturated/α-hetero) is 1. The summed E-state index contributed by atoms with van der Waals surface area (Å²) in [6, 6.07) is 9.40. The van der Waals surface area contributed by atoms with E-state index >= 15 is 0 Å². The molecule has 0 amide bonds. The summed E-state index contributed by atoms with van der Waals surface area (Å²) in [6.45, 7) is 1.91. The van der Waals surface area contributed by atoms with Crippen LogP contribution in [0.4, 0.5) is 0 Å². The van der Waals surface area contributed by atoms with Crippen LogP contribution in [0.2, 0.25) is 0 Å². The molecule has 0 heterocycles. The third-order valence-electron chi connectivity index (χ3n) is 1.97. The Labute approximate surface area is 72.6 Å². The first-order valence-electron chi connectivity index (χ1n) is 4.14. The van der Waals surface area contributed by atoms with Crippen LogP contribution < -0.4 is 5.32 Å². The Hall–Kier alpha value is -1.15. The molecule has 0 bridgehead atoms. The van der Waals surface area contributed by atoms with E-state index in [2.05, 4.69) is 0 Å². The maximum atomic E-state index is 11.5. The van der Waals surface area contributed by atoms with Gasteiger partial charge >= 0.3 is 0 Å². The van der Waals surface area contributed by atoms with Gasteiger partial charge in [0, 0.05) is 5.56 Å². The zero-order valence-corrected chi connectivity index (χ0v) is 7.45. The molecule has 0 aliphatic carbocycles. The minimum atomic E-state index is 0.0207. The van der Waals surface area contributed by atoms with Crippen molar-refractivity contribution in [2.24, 2.45) is 0 Å². The average Bonchev–Trinajstić information content (AvgIpc) is 2.17. The minimum Gasteiger partial charge on any atom is -0.340 e. The van der Waals surface area contributed by atoms with Crippen molar-refractivity contribution in [2.75, 3.05) is 7.05 Å². The molecule has 0 fully saturated rings. The highest BCUT2D eigenvalue weighted by Crippen LogP contribution is 2.00. The molecule has 1 atom stereocenters. The van der Waals surface area contributed by atoms with Gasteiger partial charge < -0.3 is 5.32 Å². The molecular formula is C10H14NO+. The predicted molar refractivity (Wildman–Crippen MR) is 48.1 cm³/mol. The van der Waals surface area contributed by atoms with Crippen LogP contribution in [0.1, 0.15) is 17.3 Å². The SMILES string of the molecule is C[NH2+][C@H](C)C(=O)c1ccccc1. The van der Waals surface area contributed by atoms with E-state index < -0.39 is 0 Å². The van der Waals surface area contributed by atoms with Crippen molar-refractivity contribution >= 4 is 5.78 Å². The van der Waals surface area contributed by atoms with Crippen molar-refractivity contribution in [3.63, 3.8) is 0 Å². The van der Waals surface area contributed by atoms with Crippen LogP contribution in [0.3, 0.4) is 0 Å². The van der Waals surface area contributed by atoms with Gasteiger partial charge in [-0.1, -0.05) is 30.3 Å². The molecule has 12 heavy (non-hydrogen) atoms. The Balaban J connectivity index is 2.79. The molecule has 64 valence electrons. The van der Waals surface area contributed by atoms with Crippen LogP contribution in [-0.2, 0) is 0 Å². The summed E-state index contributed by atoms with van der Waals surface area (Å²) in [6.07, 6.45) is 0. The molecule has 2 nitrogen and oxygen atoms in total. The topological polar surface area (TPSA) is 33.7 Å². The Kier molecular flexibility index (Phi) is 3.00. The van der Waals surface area contributed by atoms with Crippen LogP contribution in [-0.4, -0.2) is 18.9 Å². The van der Waals surface area contributed by atoms with Gasteiger partial charge in [0.2, 0.25) is 5.78 Å². The van der Waals surface area contributed by atoms with Gasteiger partial charge in [-0.15, -0.1) is 0 Å². The van der Waals surface area contributed by atoms with Gasteiger partial charge in [0.05, 0.1) is 7.05 Å². The fourth-order valence-corrected chi connectivity index (χ4v) is 1.02. The zero-order chi connectivity index (χ0) is 8.97. The number of ketones is 1. The van der Waals surface area contributed by atoms with E-state index in [4.69, 9.17) is 0 Å². The number of hydrogen-bond donors (Lipinski definition) is 1. The molecule has 1 aromatic rings. The van der Waals surface area contributed by atoms with E-state index in [0.29, 0.717) is 0 Å². The Morgan fingerprint density at radius 3 is 2.42 bits per heavy atom. The Bertz CT molecular complexity index is 256. The first-order valence-corrected chi connectivity index (χ1v) is 4.14. The van der Waals surface area contributed by atoms with Crippen molar-refractivity contribution in [1.29, 1.82) is 0 Å². The molecule has 1 rings (SSSR count). The van der Waals surface area contributed by atoms with Crippen LogP contribution in [0.15, 0.2) is 30.3 Å². The van der Waals surface area contributed by atoms with E-state index in [0.717, 1.165) is 5.56 Å². The molecule has 0 aromatic heterocycles. The van der Waals surface area contributed by atoms with Gasteiger partial charge in [-0.3, -0.25) is 4.79 Å². The zero-order valence-electron chi connectivity index (χ0n) is 7.45. The number of benzene rings is 1. The third-order valence-corrected chi connectivity index (χ3v) is 1.97. The van der Waals surface area contributed by atoms with Crippen LogP contribution in [0.25, 0.3) is 0 Å². The van der Waals surface area contributed by atoms with Crippen molar-refractivity contribution in [3.05, 3.63) is 35.9 Å². The Morgan fingerprint density at radius 2 is 1.92 bits per heavy atom. The first-order chi connectivity index (χ1) is 5.75. The number of likely N-dealkylation sites (N-methyl/N-ethyl adjacent to an activating group) is 1. The molecule has 0 spiro atoms. The lowest BCUT2D eigenvalue weighted by Gasteiger charge is -2.04. The average molecular weight is 164 g/mol. The minimum absolute atomic E-state index is 0.0207. The summed E-state index contributed by atoms with van der Waals surface area (Å²) in [7, 11) is 1.91. The van der Waals surface area contributed by atoms with Crippen molar-refractivity contribution < 1.29 is 10.1 Å². The second kappa shape index (κ2) is 4.02. The van der Waals surface area contributed by atoms with Crippen LogP contribution in [0.5, 0.6) is 0 Å². The summed E-state index contributed by atoms with van der Waals surface area (Å²) in [5.74, 6) is 0.193. The van der Waals surface area contributed by atoms with E-state index in [1.54, 1.807) is 0 Å². The number of carbonyl (C=O) groups excluding carboxylic acids is 1. The lowest BCUT2D eigenvalue weighted by Crippen LogP contribution is -2.87. The van der Waals surface area contributed by atoms with Gasteiger partial charge in [0.1, 0.15) is 6.04 Å². The van der Waals surface area contributed by atoms with Crippen molar-refractivity contribution in [3.8, 4) is 0 Å². The predicted octanol–water partition coefficient (Wildman–Crippen LogP) is 0.451. The molecule has 0 aliphatic heterocycles. The largest absolute Gasteiger partial charge is 0.340 e. The summed E-state index contributed by atoms with van der Waals surface area (Å²) in [5, 5.41) is 1.91. The molecule has 2 N–H and O–H groups in total. The lowest BCUT2D eigenvalue weighted by atomic mass is 10.1. The van der Waals surface area contributed by atoms with Gasteiger partial charge in [-0.25, -0.2) is 0 Å². The molecule has 0 saturated carbocycles. The third kappa shape index (κ3) is 1.92. The maximum Gasteiger partial charge on any atom is 0.219 e. The van der Waals surface area contributed by atoms with Crippen LogP contribution in [0, 0.1) is 0 Å². The van der Waals surface area contributed by atoms with Gasteiger partial charge in [0.15, 0.2) is 0 Å². The fraction of sp³-hybridized carbons (Fsp3) is 0.300. The quantitative estimate of drug-likeness (QED) is 0.647. The fourth-order valence-electron chi connectivity index (χ4n) is 1.02. The van der Waals surface area contributed by atoms with E-state index in [1.165, 1.54) is 0 Å². The van der Waals surface area contributed by atoms with E-state index in [1.807, 2.05) is 49.6 Å². The first kappa shape index (κ1) is 8.94. The molecule has 0 aliphatic rings. The highest BCUT2D eigenvalue weighted by atomic mass is 16.1. The lowest BCUT2D eigenvalue weighted by molar-refractivity contribution is -0.645. The molecule has 1 aromatic carbocycles. The summed E-state index contributed by atoms with van der Waals surface area (Å²) >= 11 is 0. The van der Waals surface area contributed by atoms with E-state index in [9.17, 15) is 4.79 Å². The highest BCUT2D eigenvalue weighted by molar-refractivity contribution is 5.98. The smallest absolute Gasteiger partial charge is 0.219 e. The Morgan fingerprint density at radius 1 is 1.33 bits per heavy atom. The monoisotopic (exact) mass is 164 g/mol. The van der Waals surface area contributed by atoms with Gasteiger partial charge in [-0.05, 0) is 6.92 Å². The normalized spacial score (nSPS) is 12.5. The number of quaternary nitrogens is 1. The number of carbonyl (C=O) groups is 1. The second-order valence-corrected chi connectivity index (χ2v) is 2.85. The molecule has 0 radical (unpaired) electrons. The van der Waals surface area contributed by atoms with Gasteiger partial charge in [-0.2, -0.15) is 0 Å². The standard InChI is InChI=1S/C10H13NO/c1-8(11-2)10(12)9-6-4-3-5-7-9/h3-8,11H,1-2H3/p+1/t8-/m1/s1. The number of nitrogens with two attached hydrogens (primary N) is 1. The summed E-state index contributed by atoms with van der Waals surface area (Å²) in [5.41, 5.74) is 0.795. The molecule has 2 heteroatoms. The van der Waals surface area contributed by atoms with Crippen molar-refractivity contribution in [1.82, 2.24) is 0 Å². The molecular weight excluding hydrogens is 150 g/mol. The van der Waals surface area contributed by atoms with Crippen LogP contribution >= 0.6 is 0 Å². The summed E-state index contributed by atoms with van der Waals surface area (Å²) < 4.78 is 0. The maximum absolute atomic E-state index is 11.5. The highest BCUT2D eigenvalue weighted by Gasteiger charge is 2.14. The number of rotatable bonds is 3. The number of hydrogen-bond acceptors (Lipinski definition) is 1. The molecule has 0 saturated heterocycles. The van der Waals surface area contributed by atoms with Gasteiger partial charge in [0.25, 0.3) is 0 Å². The summed E-state index contributed by atoms with van der Waals surface area (Å²) in [4.78, 5) is 11.5.